The van der Waals surface area contributed by atoms with Gasteiger partial charge in [0.2, 0.25) is 0 Å². The maximum Gasteiger partial charge on any atom is 0.262 e. The van der Waals surface area contributed by atoms with Crippen LogP contribution < -0.4 is 10.1 Å². The molecule has 0 aliphatic heterocycles. The number of aromatic nitrogens is 1. The van der Waals surface area contributed by atoms with Crippen molar-refractivity contribution in [3.63, 3.8) is 0 Å². The van der Waals surface area contributed by atoms with Gasteiger partial charge in [-0.1, -0.05) is 6.07 Å². The maximum atomic E-state index is 11.7. The Kier molecular flexibility index (Phi) is 4.21. The predicted octanol–water partition coefficient (Wildman–Crippen LogP) is 3.07. The summed E-state index contributed by atoms with van der Waals surface area (Å²) in [6.45, 7) is 3.61. The Bertz CT molecular complexity index is 595. The summed E-state index contributed by atoms with van der Waals surface area (Å²) in [5, 5.41) is 6.38. The molecular formula is C13H13BrN2O3. The Morgan fingerprint density at radius 2 is 2.21 bits per heavy atom. The zero-order valence-electron chi connectivity index (χ0n) is 10.6. The molecular weight excluding hydrogens is 312 g/mol. The van der Waals surface area contributed by atoms with Crippen molar-refractivity contribution in [1.82, 2.24) is 5.16 Å². The zero-order chi connectivity index (χ0) is 13.8. The average Bonchev–Trinajstić information content (AvgIpc) is 2.76. The first-order chi connectivity index (χ1) is 9.04. The van der Waals surface area contributed by atoms with Crippen LogP contribution in [-0.4, -0.2) is 17.7 Å². The highest BCUT2D eigenvalue weighted by molar-refractivity contribution is 9.10. The van der Waals surface area contributed by atoms with Gasteiger partial charge in [-0.15, -0.1) is 0 Å². The summed E-state index contributed by atoms with van der Waals surface area (Å²) >= 11 is 3.39. The van der Waals surface area contributed by atoms with Crippen LogP contribution in [0.3, 0.4) is 0 Å². The SMILES string of the molecule is Cc1ccc(NC(=O)COc2cc(C)on2)c(Br)c1. The van der Waals surface area contributed by atoms with E-state index in [1.165, 1.54) is 0 Å². The molecule has 0 spiro atoms. The fourth-order valence-electron chi connectivity index (χ4n) is 1.46. The van der Waals surface area contributed by atoms with Crippen LogP contribution in [-0.2, 0) is 4.79 Å². The van der Waals surface area contributed by atoms with Crippen LogP contribution >= 0.6 is 15.9 Å². The summed E-state index contributed by atoms with van der Waals surface area (Å²) in [6.07, 6.45) is 0. The lowest BCUT2D eigenvalue weighted by atomic mass is 10.2. The molecule has 2 aromatic rings. The molecule has 0 saturated carbocycles. The Morgan fingerprint density at radius 3 is 2.84 bits per heavy atom. The van der Waals surface area contributed by atoms with E-state index in [0.29, 0.717) is 17.3 Å². The van der Waals surface area contributed by atoms with E-state index in [0.717, 1.165) is 10.0 Å². The number of nitrogens with one attached hydrogen (secondary N) is 1. The number of aryl methyl sites for hydroxylation is 2. The smallest absolute Gasteiger partial charge is 0.262 e. The quantitative estimate of drug-likeness (QED) is 0.938. The standard InChI is InChI=1S/C13H13BrN2O3/c1-8-3-4-11(10(14)5-8)15-12(17)7-18-13-6-9(2)19-16-13/h3-6H,7H2,1-2H3,(H,15,17). The topological polar surface area (TPSA) is 64.4 Å². The minimum absolute atomic E-state index is 0.119. The highest BCUT2D eigenvalue weighted by Crippen LogP contribution is 2.23. The van der Waals surface area contributed by atoms with Gasteiger partial charge in [-0.05, 0) is 52.6 Å². The van der Waals surface area contributed by atoms with Crippen LogP contribution in [0.2, 0.25) is 0 Å². The average molecular weight is 325 g/mol. The lowest BCUT2D eigenvalue weighted by molar-refractivity contribution is -0.118. The van der Waals surface area contributed by atoms with Crippen molar-refractivity contribution >= 4 is 27.5 Å². The van der Waals surface area contributed by atoms with Gasteiger partial charge in [-0.25, -0.2) is 0 Å². The van der Waals surface area contributed by atoms with Gasteiger partial charge in [0, 0.05) is 10.5 Å². The van der Waals surface area contributed by atoms with Crippen molar-refractivity contribution < 1.29 is 14.1 Å². The molecule has 5 nitrogen and oxygen atoms in total. The molecule has 0 atom stereocenters. The van der Waals surface area contributed by atoms with Crippen molar-refractivity contribution in [2.75, 3.05) is 11.9 Å². The molecule has 19 heavy (non-hydrogen) atoms. The Hall–Kier alpha value is -1.82. The number of benzene rings is 1. The van der Waals surface area contributed by atoms with E-state index in [4.69, 9.17) is 9.26 Å². The van der Waals surface area contributed by atoms with Crippen molar-refractivity contribution in [3.05, 3.63) is 40.1 Å². The molecule has 0 radical (unpaired) electrons. The van der Waals surface area contributed by atoms with Gasteiger partial charge >= 0.3 is 0 Å². The monoisotopic (exact) mass is 324 g/mol. The highest BCUT2D eigenvalue weighted by atomic mass is 79.9. The minimum Gasteiger partial charge on any atom is -0.465 e. The summed E-state index contributed by atoms with van der Waals surface area (Å²) in [7, 11) is 0. The zero-order valence-corrected chi connectivity index (χ0v) is 12.2. The Morgan fingerprint density at radius 1 is 1.42 bits per heavy atom. The van der Waals surface area contributed by atoms with E-state index in [9.17, 15) is 4.79 Å². The number of carbonyl (C=O) groups is 1. The van der Waals surface area contributed by atoms with Crippen molar-refractivity contribution in [2.45, 2.75) is 13.8 Å². The van der Waals surface area contributed by atoms with Gasteiger partial charge < -0.3 is 14.6 Å². The molecule has 1 N–H and O–H groups in total. The summed E-state index contributed by atoms with van der Waals surface area (Å²) in [4.78, 5) is 11.7. The number of carbonyl (C=O) groups excluding carboxylic acids is 1. The lowest BCUT2D eigenvalue weighted by Crippen LogP contribution is -2.20. The van der Waals surface area contributed by atoms with E-state index in [1.807, 2.05) is 25.1 Å². The lowest BCUT2D eigenvalue weighted by Gasteiger charge is -2.08. The van der Waals surface area contributed by atoms with Gasteiger partial charge in [0.15, 0.2) is 6.61 Å². The Labute approximate surface area is 119 Å². The molecule has 0 unspecified atom stereocenters. The van der Waals surface area contributed by atoms with Crippen molar-refractivity contribution in [3.8, 4) is 5.88 Å². The third-order valence-corrected chi connectivity index (χ3v) is 3.01. The van der Waals surface area contributed by atoms with Crippen LogP contribution in [0.25, 0.3) is 0 Å². The van der Waals surface area contributed by atoms with Crippen LogP contribution in [0.4, 0.5) is 5.69 Å². The predicted molar refractivity (Wildman–Crippen MR) is 74.2 cm³/mol. The number of amides is 1. The maximum absolute atomic E-state index is 11.7. The summed E-state index contributed by atoms with van der Waals surface area (Å²) < 4.78 is 10.9. The molecule has 1 aromatic carbocycles. The molecule has 100 valence electrons. The van der Waals surface area contributed by atoms with Crippen LogP contribution in [0, 0.1) is 13.8 Å². The molecule has 0 fully saturated rings. The largest absolute Gasteiger partial charge is 0.465 e. The second kappa shape index (κ2) is 5.88. The van der Waals surface area contributed by atoms with Crippen LogP contribution in [0.5, 0.6) is 5.88 Å². The first kappa shape index (κ1) is 13.6. The molecule has 1 heterocycles. The molecule has 1 aromatic heterocycles. The van der Waals surface area contributed by atoms with E-state index in [1.54, 1.807) is 13.0 Å². The number of ether oxygens (including phenoxy) is 1. The number of anilines is 1. The van der Waals surface area contributed by atoms with E-state index >= 15 is 0 Å². The second-order valence-corrected chi connectivity index (χ2v) is 4.95. The van der Waals surface area contributed by atoms with Gasteiger partial charge in [0.05, 0.1) is 5.69 Å². The molecule has 1 amide bonds. The third kappa shape index (κ3) is 3.82. The molecule has 0 bridgehead atoms. The van der Waals surface area contributed by atoms with Crippen molar-refractivity contribution in [1.29, 1.82) is 0 Å². The summed E-state index contributed by atoms with van der Waals surface area (Å²) in [6, 6.07) is 7.30. The normalized spacial score (nSPS) is 10.3. The summed E-state index contributed by atoms with van der Waals surface area (Å²) in [5.74, 6) is 0.678. The fraction of sp³-hybridized carbons (Fsp3) is 0.231. The third-order valence-electron chi connectivity index (χ3n) is 2.36. The van der Waals surface area contributed by atoms with Gasteiger partial charge in [-0.2, -0.15) is 0 Å². The number of nitrogens with zero attached hydrogens (tertiary/aromatic N) is 1. The van der Waals surface area contributed by atoms with Crippen LogP contribution in [0.15, 0.2) is 33.3 Å². The highest BCUT2D eigenvalue weighted by Gasteiger charge is 2.08. The second-order valence-electron chi connectivity index (χ2n) is 4.10. The fourth-order valence-corrected chi connectivity index (χ4v) is 2.05. The van der Waals surface area contributed by atoms with Gasteiger partial charge in [0.25, 0.3) is 11.8 Å². The molecule has 0 aliphatic carbocycles. The number of rotatable bonds is 4. The molecule has 6 heteroatoms. The molecule has 0 aliphatic rings. The molecule has 2 rings (SSSR count). The number of halogens is 1. The number of hydrogen-bond acceptors (Lipinski definition) is 4. The van der Waals surface area contributed by atoms with Crippen LogP contribution in [0.1, 0.15) is 11.3 Å². The Balaban J connectivity index is 1.90. The van der Waals surface area contributed by atoms with Crippen molar-refractivity contribution in [2.24, 2.45) is 0 Å². The first-order valence-electron chi connectivity index (χ1n) is 5.67. The summed E-state index contributed by atoms with van der Waals surface area (Å²) in [5.41, 5.74) is 1.81. The first-order valence-corrected chi connectivity index (χ1v) is 6.46. The molecule has 0 saturated heterocycles. The van der Waals surface area contributed by atoms with E-state index in [2.05, 4.69) is 26.4 Å². The van der Waals surface area contributed by atoms with E-state index < -0.39 is 0 Å². The van der Waals surface area contributed by atoms with E-state index in [-0.39, 0.29) is 12.5 Å². The number of hydrogen-bond donors (Lipinski definition) is 1. The van der Waals surface area contributed by atoms with Gasteiger partial charge in [0.1, 0.15) is 5.76 Å². The van der Waals surface area contributed by atoms with Gasteiger partial charge in [-0.3, -0.25) is 4.79 Å². The minimum atomic E-state index is -0.259.